The fourth-order valence-corrected chi connectivity index (χ4v) is 0.783. The molecule has 0 aromatic rings. The molecule has 0 aliphatic heterocycles. The lowest BCUT2D eigenvalue weighted by Crippen LogP contribution is -2.21. The molecule has 0 radical (unpaired) electrons. The Morgan fingerprint density at radius 2 is 1.78 bits per heavy atom. The topological polar surface area (TPSA) is 9.23 Å². The van der Waals surface area contributed by atoms with Crippen LogP contribution in [0.25, 0.3) is 0 Å². The van der Waals surface area contributed by atoms with Gasteiger partial charge < -0.3 is 4.43 Å². The minimum atomic E-state index is -4.16. The van der Waals surface area contributed by atoms with Gasteiger partial charge in [-0.3, -0.25) is 0 Å². The van der Waals surface area contributed by atoms with E-state index in [9.17, 15) is 13.2 Å². The van der Waals surface area contributed by atoms with Gasteiger partial charge in [0.25, 0.3) is 0 Å². The van der Waals surface area contributed by atoms with Crippen molar-refractivity contribution < 1.29 is 17.6 Å². The highest BCUT2D eigenvalue weighted by Gasteiger charge is 2.27. The zero-order valence-electron chi connectivity index (χ0n) is 5.33. The molecule has 0 N–H and O–H groups in total. The summed E-state index contributed by atoms with van der Waals surface area (Å²) in [6.45, 7) is 2.31. The third-order valence-corrected chi connectivity index (χ3v) is 1.41. The zero-order valence-corrected chi connectivity index (χ0v) is 6.48. The molecular formula is C4H9F3OSi. The average molecular weight is 158 g/mol. The fourth-order valence-electron chi connectivity index (χ4n) is 0.261. The monoisotopic (exact) mass is 158 g/mol. The summed E-state index contributed by atoms with van der Waals surface area (Å²) in [7, 11) is -1.49. The summed E-state index contributed by atoms with van der Waals surface area (Å²) in [6, 6.07) is 0. The van der Waals surface area contributed by atoms with E-state index >= 15 is 0 Å². The third-order valence-electron chi connectivity index (χ3n) is 0.580. The Morgan fingerprint density at radius 1 is 1.33 bits per heavy atom. The van der Waals surface area contributed by atoms with Crippen LogP contribution in [0.5, 0.6) is 0 Å². The largest absolute Gasteiger partial charge is 0.412 e. The van der Waals surface area contributed by atoms with Crippen molar-refractivity contribution in [2.75, 3.05) is 6.61 Å². The van der Waals surface area contributed by atoms with Crippen LogP contribution in [0, 0.1) is 0 Å². The van der Waals surface area contributed by atoms with E-state index in [4.69, 9.17) is 0 Å². The molecular weight excluding hydrogens is 149 g/mol. The van der Waals surface area contributed by atoms with Gasteiger partial charge in [-0.15, -0.1) is 0 Å². The molecule has 0 rings (SSSR count). The minimum Gasteiger partial charge on any atom is -0.412 e. The van der Waals surface area contributed by atoms with Gasteiger partial charge in [-0.1, -0.05) is 0 Å². The quantitative estimate of drug-likeness (QED) is 0.554. The van der Waals surface area contributed by atoms with Crippen molar-refractivity contribution in [1.29, 1.82) is 0 Å². The second-order valence-corrected chi connectivity index (χ2v) is 4.41. The Hall–Kier alpha value is -0.0331. The number of halogens is 3. The van der Waals surface area contributed by atoms with E-state index in [1.165, 1.54) is 0 Å². The number of hydrogen-bond acceptors (Lipinski definition) is 1. The lowest BCUT2D eigenvalue weighted by molar-refractivity contribution is -0.154. The predicted molar refractivity (Wildman–Crippen MR) is 30.9 cm³/mol. The highest BCUT2D eigenvalue weighted by Crippen LogP contribution is 2.14. The molecule has 0 aliphatic rings. The fraction of sp³-hybridized carbons (Fsp3) is 1.00. The maximum Gasteiger partial charge on any atom is 0.410 e. The van der Waals surface area contributed by atoms with Crippen LogP contribution < -0.4 is 0 Å². The molecule has 5 heteroatoms. The van der Waals surface area contributed by atoms with E-state index in [-0.39, 0.29) is 0 Å². The molecule has 0 amide bonds. The van der Waals surface area contributed by atoms with Gasteiger partial charge in [0.05, 0.1) is 0 Å². The van der Waals surface area contributed by atoms with Crippen LogP contribution in [0.15, 0.2) is 0 Å². The Labute approximate surface area is 53.5 Å². The van der Waals surface area contributed by atoms with E-state index < -0.39 is 21.8 Å². The lowest BCUT2D eigenvalue weighted by atomic mass is 10.7. The number of alkyl halides is 3. The zero-order chi connectivity index (χ0) is 7.49. The summed E-state index contributed by atoms with van der Waals surface area (Å²) in [5.41, 5.74) is 0. The molecule has 0 bridgehead atoms. The van der Waals surface area contributed by atoms with E-state index in [2.05, 4.69) is 4.43 Å². The van der Waals surface area contributed by atoms with Crippen LogP contribution in [0.3, 0.4) is 0 Å². The molecule has 0 heterocycles. The normalized spacial score (nSPS) is 12.7. The second-order valence-electron chi connectivity index (χ2n) is 1.97. The SMILES string of the molecule is C[SiH](C)OCC(F)(F)F. The first-order valence-electron chi connectivity index (χ1n) is 2.60. The van der Waals surface area contributed by atoms with Gasteiger partial charge in [0.15, 0.2) is 9.04 Å². The van der Waals surface area contributed by atoms with E-state index in [0.717, 1.165) is 0 Å². The van der Waals surface area contributed by atoms with Crippen molar-refractivity contribution in [3.63, 3.8) is 0 Å². The van der Waals surface area contributed by atoms with Crippen LogP contribution in [-0.4, -0.2) is 21.8 Å². The van der Waals surface area contributed by atoms with Gasteiger partial charge in [-0.05, 0) is 13.1 Å². The van der Waals surface area contributed by atoms with E-state index in [1.807, 2.05) is 0 Å². The Balaban J connectivity index is 3.28. The van der Waals surface area contributed by atoms with Crippen molar-refractivity contribution >= 4 is 9.04 Å². The Bertz CT molecular complexity index is 80.4. The molecule has 9 heavy (non-hydrogen) atoms. The van der Waals surface area contributed by atoms with Gasteiger partial charge in [-0.25, -0.2) is 0 Å². The highest BCUT2D eigenvalue weighted by atomic mass is 28.3. The molecule has 0 saturated carbocycles. The summed E-state index contributed by atoms with van der Waals surface area (Å²) in [4.78, 5) is 0. The van der Waals surface area contributed by atoms with Gasteiger partial charge >= 0.3 is 6.18 Å². The molecule has 0 fully saturated rings. The van der Waals surface area contributed by atoms with Crippen LogP contribution in [0.2, 0.25) is 13.1 Å². The van der Waals surface area contributed by atoms with Crippen molar-refractivity contribution in [2.45, 2.75) is 19.3 Å². The smallest absolute Gasteiger partial charge is 0.410 e. The summed E-state index contributed by atoms with van der Waals surface area (Å²) in [5, 5.41) is 0. The molecule has 0 saturated heterocycles. The van der Waals surface area contributed by atoms with Crippen molar-refractivity contribution in [2.24, 2.45) is 0 Å². The molecule has 56 valence electrons. The second kappa shape index (κ2) is 3.22. The van der Waals surface area contributed by atoms with Gasteiger partial charge in [-0.2, -0.15) is 13.2 Å². The molecule has 0 aromatic carbocycles. The Morgan fingerprint density at radius 3 is 1.89 bits per heavy atom. The Kier molecular flexibility index (Phi) is 3.20. The van der Waals surface area contributed by atoms with Crippen LogP contribution in [-0.2, 0) is 4.43 Å². The van der Waals surface area contributed by atoms with Gasteiger partial charge in [0.2, 0.25) is 0 Å². The summed E-state index contributed by atoms with van der Waals surface area (Å²) >= 11 is 0. The lowest BCUT2D eigenvalue weighted by Gasteiger charge is -2.08. The summed E-state index contributed by atoms with van der Waals surface area (Å²) in [6.07, 6.45) is -4.16. The first-order chi connectivity index (χ1) is 3.92. The van der Waals surface area contributed by atoms with Crippen LogP contribution in [0.4, 0.5) is 13.2 Å². The molecule has 0 spiro atoms. The predicted octanol–water partition coefficient (Wildman–Crippen LogP) is 1.55. The highest BCUT2D eigenvalue weighted by molar-refractivity contribution is 6.48. The number of hydrogen-bond donors (Lipinski definition) is 0. The number of rotatable bonds is 2. The first kappa shape index (κ1) is 8.97. The molecule has 0 aliphatic carbocycles. The average Bonchev–Trinajstić information content (AvgIpc) is 1.59. The summed E-state index contributed by atoms with van der Waals surface area (Å²) < 4.78 is 38.4. The molecule has 0 unspecified atom stereocenters. The summed E-state index contributed by atoms with van der Waals surface area (Å²) in [5.74, 6) is 0. The minimum absolute atomic E-state index is 1.09. The molecule has 1 nitrogen and oxygen atoms in total. The van der Waals surface area contributed by atoms with Crippen molar-refractivity contribution in [3.8, 4) is 0 Å². The molecule has 0 aromatic heterocycles. The van der Waals surface area contributed by atoms with Gasteiger partial charge in [0, 0.05) is 0 Å². The maximum atomic E-state index is 11.3. The van der Waals surface area contributed by atoms with Crippen LogP contribution in [0.1, 0.15) is 0 Å². The van der Waals surface area contributed by atoms with Crippen molar-refractivity contribution in [1.82, 2.24) is 0 Å². The van der Waals surface area contributed by atoms with Crippen molar-refractivity contribution in [3.05, 3.63) is 0 Å². The third kappa shape index (κ3) is 7.97. The first-order valence-corrected chi connectivity index (χ1v) is 5.38. The van der Waals surface area contributed by atoms with Crippen LogP contribution >= 0.6 is 0 Å². The van der Waals surface area contributed by atoms with E-state index in [1.54, 1.807) is 13.1 Å². The van der Waals surface area contributed by atoms with Gasteiger partial charge in [0.1, 0.15) is 6.61 Å². The maximum absolute atomic E-state index is 11.3. The standard InChI is InChI=1S/C4H9F3OSi/c1-9(2)8-3-4(5,6)7/h9H,3H2,1-2H3. The molecule has 0 atom stereocenters. The van der Waals surface area contributed by atoms with E-state index in [0.29, 0.717) is 0 Å².